The van der Waals surface area contributed by atoms with Gasteiger partial charge in [-0.2, -0.15) is 0 Å². The van der Waals surface area contributed by atoms with Crippen LogP contribution in [0, 0.1) is 0 Å². The average molecular weight is 124 g/mol. The Balaban J connectivity index is 2.18. The van der Waals surface area contributed by atoms with E-state index < -0.39 is 0 Å². The predicted molar refractivity (Wildman–Crippen MR) is 31.7 cm³/mol. The third kappa shape index (κ3) is 0.712. The van der Waals surface area contributed by atoms with Crippen molar-refractivity contribution in [2.24, 2.45) is 5.73 Å². The molecule has 1 aliphatic rings. The first kappa shape index (κ1) is 4.93. The lowest BCUT2D eigenvalue weighted by molar-refractivity contribution is 0.709. The fraction of sp³-hybridized carbons (Fsp3) is 0.600. The van der Waals surface area contributed by atoms with Gasteiger partial charge in [0.15, 0.2) is 0 Å². The van der Waals surface area contributed by atoms with Crippen LogP contribution in [-0.2, 0) is 0 Å². The van der Waals surface area contributed by atoms with E-state index in [9.17, 15) is 0 Å². The van der Waals surface area contributed by atoms with Gasteiger partial charge in [-0.1, -0.05) is 0 Å². The minimum absolute atomic E-state index is 0.334. The first-order valence-corrected chi connectivity index (χ1v) is 2.97. The van der Waals surface area contributed by atoms with Crippen LogP contribution in [0.15, 0.2) is 12.7 Å². The summed E-state index contributed by atoms with van der Waals surface area (Å²) >= 11 is 0. The Kier molecular flexibility index (Phi) is 0.843. The van der Waals surface area contributed by atoms with E-state index >= 15 is 0 Å². The Labute approximate surface area is 52.7 Å². The SMILES string of the molecule is NC1CC1n1cnnc1. The molecule has 0 radical (unpaired) electrons. The minimum Gasteiger partial charge on any atom is -0.326 e. The fourth-order valence-corrected chi connectivity index (χ4v) is 0.923. The first-order valence-electron chi connectivity index (χ1n) is 2.97. The van der Waals surface area contributed by atoms with E-state index in [1.54, 1.807) is 12.7 Å². The van der Waals surface area contributed by atoms with Crippen LogP contribution in [0.5, 0.6) is 0 Å². The highest BCUT2D eigenvalue weighted by Gasteiger charge is 2.34. The van der Waals surface area contributed by atoms with Gasteiger partial charge in [-0.25, -0.2) is 0 Å². The summed E-state index contributed by atoms with van der Waals surface area (Å²) in [6.45, 7) is 0. The Morgan fingerprint density at radius 1 is 1.44 bits per heavy atom. The smallest absolute Gasteiger partial charge is 0.119 e. The lowest BCUT2D eigenvalue weighted by Gasteiger charge is -1.92. The van der Waals surface area contributed by atoms with Crippen LogP contribution in [0.3, 0.4) is 0 Å². The molecule has 0 aliphatic heterocycles. The van der Waals surface area contributed by atoms with Crippen molar-refractivity contribution in [1.82, 2.24) is 14.8 Å². The van der Waals surface area contributed by atoms with E-state index in [2.05, 4.69) is 10.2 Å². The zero-order valence-corrected chi connectivity index (χ0v) is 4.94. The van der Waals surface area contributed by atoms with Gasteiger partial charge < -0.3 is 10.3 Å². The molecule has 2 rings (SSSR count). The molecule has 1 fully saturated rings. The quantitative estimate of drug-likeness (QED) is 0.551. The minimum atomic E-state index is 0.334. The van der Waals surface area contributed by atoms with Crippen molar-refractivity contribution in [3.63, 3.8) is 0 Å². The second kappa shape index (κ2) is 1.54. The third-order valence-corrected chi connectivity index (χ3v) is 1.62. The number of nitrogens with zero attached hydrogens (tertiary/aromatic N) is 3. The number of rotatable bonds is 1. The number of nitrogens with two attached hydrogens (primary N) is 1. The van der Waals surface area contributed by atoms with Crippen LogP contribution in [0.25, 0.3) is 0 Å². The van der Waals surface area contributed by atoms with Crippen molar-refractivity contribution in [1.29, 1.82) is 0 Å². The molecular formula is C5H8N4. The number of aromatic nitrogens is 3. The highest BCUT2D eigenvalue weighted by molar-refractivity contribution is 4.96. The summed E-state index contributed by atoms with van der Waals surface area (Å²) in [5, 5.41) is 7.35. The zero-order chi connectivity index (χ0) is 6.27. The van der Waals surface area contributed by atoms with Crippen LogP contribution in [0.4, 0.5) is 0 Å². The molecule has 2 N–H and O–H groups in total. The maximum Gasteiger partial charge on any atom is 0.119 e. The molecule has 0 saturated heterocycles. The Morgan fingerprint density at radius 2 is 2.00 bits per heavy atom. The summed E-state index contributed by atoms with van der Waals surface area (Å²) < 4.78 is 1.95. The van der Waals surface area contributed by atoms with Gasteiger partial charge in [0.2, 0.25) is 0 Å². The van der Waals surface area contributed by atoms with Gasteiger partial charge in [-0.15, -0.1) is 10.2 Å². The Hall–Kier alpha value is -0.900. The third-order valence-electron chi connectivity index (χ3n) is 1.62. The summed E-state index contributed by atoms with van der Waals surface area (Å²) in [6, 6.07) is 0.806. The molecule has 1 aromatic heterocycles. The Morgan fingerprint density at radius 3 is 2.44 bits per heavy atom. The van der Waals surface area contributed by atoms with Crippen molar-refractivity contribution >= 4 is 0 Å². The molecular weight excluding hydrogens is 116 g/mol. The van der Waals surface area contributed by atoms with Crippen molar-refractivity contribution in [2.45, 2.75) is 18.5 Å². The molecule has 9 heavy (non-hydrogen) atoms. The van der Waals surface area contributed by atoms with E-state index in [1.807, 2.05) is 4.57 Å². The molecule has 1 aliphatic carbocycles. The van der Waals surface area contributed by atoms with E-state index in [4.69, 9.17) is 5.73 Å². The molecule has 2 atom stereocenters. The summed E-state index contributed by atoms with van der Waals surface area (Å²) in [5.74, 6) is 0. The predicted octanol–water partition coefficient (Wildman–Crippen LogP) is -0.450. The molecule has 4 heteroatoms. The van der Waals surface area contributed by atoms with Crippen LogP contribution in [0.1, 0.15) is 12.5 Å². The molecule has 0 aromatic carbocycles. The van der Waals surface area contributed by atoms with Crippen LogP contribution in [0.2, 0.25) is 0 Å². The summed E-state index contributed by atoms with van der Waals surface area (Å²) in [4.78, 5) is 0. The highest BCUT2D eigenvalue weighted by Crippen LogP contribution is 2.32. The second-order valence-electron chi connectivity index (χ2n) is 2.38. The summed E-state index contributed by atoms with van der Waals surface area (Å²) in [7, 11) is 0. The normalized spacial score (nSPS) is 32.6. The van der Waals surface area contributed by atoms with E-state index in [1.165, 1.54) is 0 Å². The maximum atomic E-state index is 5.58. The number of hydrogen-bond acceptors (Lipinski definition) is 3. The molecule has 1 heterocycles. The number of hydrogen-bond donors (Lipinski definition) is 1. The van der Waals surface area contributed by atoms with Gasteiger partial charge in [-0.3, -0.25) is 0 Å². The molecule has 0 bridgehead atoms. The molecule has 48 valence electrons. The van der Waals surface area contributed by atoms with Gasteiger partial charge in [-0.05, 0) is 6.42 Å². The van der Waals surface area contributed by atoms with E-state index in [0.29, 0.717) is 12.1 Å². The summed E-state index contributed by atoms with van der Waals surface area (Å²) in [6.07, 6.45) is 4.48. The second-order valence-corrected chi connectivity index (χ2v) is 2.38. The largest absolute Gasteiger partial charge is 0.326 e. The highest BCUT2D eigenvalue weighted by atomic mass is 15.3. The molecule has 1 aromatic rings. The Bertz CT molecular complexity index is 193. The summed E-state index contributed by atoms with van der Waals surface area (Å²) in [5.41, 5.74) is 5.58. The standard InChI is InChI=1S/C5H8N4/c6-4-1-5(4)9-2-7-8-3-9/h2-5H,1,6H2. The van der Waals surface area contributed by atoms with Crippen molar-refractivity contribution in [2.75, 3.05) is 0 Å². The zero-order valence-electron chi connectivity index (χ0n) is 4.94. The van der Waals surface area contributed by atoms with Gasteiger partial charge in [0.05, 0.1) is 6.04 Å². The van der Waals surface area contributed by atoms with Gasteiger partial charge >= 0.3 is 0 Å². The lowest BCUT2D eigenvalue weighted by atomic mass is 10.6. The van der Waals surface area contributed by atoms with E-state index in [-0.39, 0.29) is 0 Å². The van der Waals surface area contributed by atoms with Crippen molar-refractivity contribution < 1.29 is 0 Å². The van der Waals surface area contributed by atoms with Crippen LogP contribution >= 0.6 is 0 Å². The average Bonchev–Trinajstić information content (AvgIpc) is 2.44. The maximum absolute atomic E-state index is 5.58. The van der Waals surface area contributed by atoms with Gasteiger partial charge in [0.1, 0.15) is 12.7 Å². The first-order chi connectivity index (χ1) is 4.38. The molecule has 1 saturated carbocycles. The van der Waals surface area contributed by atoms with Crippen molar-refractivity contribution in [3.05, 3.63) is 12.7 Å². The van der Waals surface area contributed by atoms with E-state index in [0.717, 1.165) is 6.42 Å². The van der Waals surface area contributed by atoms with Crippen LogP contribution < -0.4 is 5.73 Å². The molecule has 0 spiro atoms. The molecule has 2 unspecified atom stereocenters. The monoisotopic (exact) mass is 124 g/mol. The van der Waals surface area contributed by atoms with Gasteiger partial charge in [0, 0.05) is 6.04 Å². The lowest BCUT2D eigenvalue weighted by Crippen LogP contribution is -2.04. The fourth-order valence-electron chi connectivity index (χ4n) is 0.923. The van der Waals surface area contributed by atoms with Crippen molar-refractivity contribution in [3.8, 4) is 0 Å². The molecule has 4 nitrogen and oxygen atoms in total. The van der Waals surface area contributed by atoms with Gasteiger partial charge in [0.25, 0.3) is 0 Å². The van der Waals surface area contributed by atoms with Crippen LogP contribution in [-0.4, -0.2) is 20.8 Å². The topological polar surface area (TPSA) is 56.7 Å². The molecule has 0 amide bonds.